The largest absolute Gasteiger partial charge is 0.493 e. The molecule has 0 bridgehead atoms. The lowest BCUT2D eigenvalue weighted by molar-refractivity contribution is -0.122. The van der Waals surface area contributed by atoms with Gasteiger partial charge in [0.25, 0.3) is 5.56 Å². The summed E-state index contributed by atoms with van der Waals surface area (Å²) >= 11 is 0. The number of hydrogen-bond donors (Lipinski definition) is 1. The maximum atomic E-state index is 13.0. The molecular formula is C20H20N6O4. The van der Waals surface area contributed by atoms with E-state index in [9.17, 15) is 9.59 Å². The first-order chi connectivity index (χ1) is 14.5. The average molecular weight is 408 g/mol. The summed E-state index contributed by atoms with van der Waals surface area (Å²) in [6.07, 6.45) is 3.34. The molecule has 1 aromatic carbocycles. The Morgan fingerprint density at radius 1 is 1.17 bits per heavy atom. The molecule has 0 aliphatic carbocycles. The van der Waals surface area contributed by atoms with E-state index in [-0.39, 0.29) is 12.5 Å². The Morgan fingerprint density at radius 2 is 2.00 bits per heavy atom. The molecule has 0 saturated heterocycles. The van der Waals surface area contributed by atoms with Crippen LogP contribution in [0.2, 0.25) is 0 Å². The molecule has 4 rings (SSSR count). The summed E-state index contributed by atoms with van der Waals surface area (Å²) in [5, 5.41) is 16.1. The molecular weight excluding hydrogens is 388 g/mol. The second-order valence-corrected chi connectivity index (χ2v) is 6.65. The van der Waals surface area contributed by atoms with Gasteiger partial charge >= 0.3 is 0 Å². The van der Waals surface area contributed by atoms with Crippen LogP contribution in [0.3, 0.4) is 0 Å². The van der Waals surface area contributed by atoms with Gasteiger partial charge in [-0.1, -0.05) is 6.07 Å². The Kier molecular flexibility index (Phi) is 5.05. The van der Waals surface area contributed by atoms with Crippen molar-refractivity contribution >= 4 is 22.3 Å². The topological polar surface area (TPSA) is 113 Å². The van der Waals surface area contributed by atoms with Crippen LogP contribution in [0.4, 0.5) is 0 Å². The van der Waals surface area contributed by atoms with Gasteiger partial charge in [-0.15, -0.1) is 10.2 Å². The van der Waals surface area contributed by atoms with E-state index in [4.69, 9.17) is 9.47 Å². The van der Waals surface area contributed by atoms with Crippen molar-refractivity contribution in [1.82, 2.24) is 29.7 Å². The van der Waals surface area contributed by atoms with Crippen LogP contribution in [-0.2, 0) is 11.3 Å². The van der Waals surface area contributed by atoms with Crippen LogP contribution >= 0.6 is 0 Å². The minimum Gasteiger partial charge on any atom is -0.493 e. The predicted octanol–water partition coefficient (Wildman–Crippen LogP) is 1.33. The fraction of sp³-hybridized carbons (Fsp3) is 0.250. The van der Waals surface area contributed by atoms with Gasteiger partial charge in [-0.3, -0.25) is 14.0 Å². The zero-order valence-electron chi connectivity index (χ0n) is 16.7. The van der Waals surface area contributed by atoms with Gasteiger partial charge in [0.15, 0.2) is 23.0 Å². The van der Waals surface area contributed by atoms with Gasteiger partial charge in [0.2, 0.25) is 5.91 Å². The van der Waals surface area contributed by atoms with Crippen molar-refractivity contribution in [2.24, 2.45) is 0 Å². The van der Waals surface area contributed by atoms with Gasteiger partial charge in [0, 0.05) is 11.6 Å². The van der Waals surface area contributed by atoms with E-state index in [0.717, 1.165) is 4.68 Å². The highest BCUT2D eigenvalue weighted by molar-refractivity contribution is 5.89. The lowest BCUT2D eigenvalue weighted by atomic mass is 10.1. The molecule has 4 aromatic rings. The normalized spacial score (nSPS) is 12.1. The number of ether oxygens (including phenoxy) is 2. The molecule has 154 valence electrons. The zero-order valence-corrected chi connectivity index (χ0v) is 16.7. The molecule has 0 aliphatic rings. The molecule has 10 nitrogen and oxygen atoms in total. The fourth-order valence-corrected chi connectivity index (χ4v) is 3.34. The first kappa shape index (κ1) is 19.4. The number of methoxy groups -OCH3 is 2. The van der Waals surface area contributed by atoms with Crippen molar-refractivity contribution in [1.29, 1.82) is 0 Å². The number of aromatic nitrogens is 5. The first-order valence-corrected chi connectivity index (χ1v) is 9.23. The van der Waals surface area contributed by atoms with Crippen molar-refractivity contribution < 1.29 is 14.3 Å². The Morgan fingerprint density at radius 3 is 2.77 bits per heavy atom. The third kappa shape index (κ3) is 3.32. The second kappa shape index (κ2) is 7.82. The van der Waals surface area contributed by atoms with E-state index >= 15 is 0 Å². The van der Waals surface area contributed by atoms with Crippen LogP contribution in [-0.4, -0.2) is 44.5 Å². The summed E-state index contributed by atoms with van der Waals surface area (Å²) in [4.78, 5) is 25.6. The molecule has 0 spiro atoms. The SMILES string of the molecule is COc1ccc2cnn(CC(=O)NC(C)c3nnc4ccccn34)c(=O)c2c1OC. The molecule has 30 heavy (non-hydrogen) atoms. The first-order valence-electron chi connectivity index (χ1n) is 9.23. The summed E-state index contributed by atoms with van der Waals surface area (Å²) in [6, 6.07) is 8.54. The monoisotopic (exact) mass is 408 g/mol. The number of carbonyl (C=O) groups excluding carboxylic acids is 1. The Bertz CT molecular complexity index is 1300. The number of carbonyl (C=O) groups is 1. The Labute approximate surface area is 171 Å². The van der Waals surface area contributed by atoms with E-state index < -0.39 is 11.6 Å². The quantitative estimate of drug-likeness (QED) is 0.512. The van der Waals surface area contributed by atoms with Crippen LogP contribution in [0, 0.1) is 0 Å². The average Bonchev–Trinajstić information content (AvgIpc) is 3.19. The van der Waals surface area contributed by atoms with Crippen molar-refractivity contribution in [3.8, 4) is 11.5 Å². The highest BCUT2D eigenvalue weighted by Gasteiger charge is 2.19. The highest BCUT2D eigenvalue weighted by Crippen LogP contribution is 2.32. The van der Waals surface area contributed by atoms with Gasteiger partial charge in [-0.2, -0.15) is 5.10 Å². The number of nitrogens with zero attached hydrogens (tertiary/aromatic N) is 5. The van der Waals surface area contributed by atoms with Gasteiger partial charge < -0.3 is 14.8 Å². The lowest BCUT2D eigenvalue weighted by Gasteiger charge is -2.14. The Hall–Kier alpha value is -3.95. The molecule has 1 unspecified atom stereocenters. The fourth-order valence-electron chi connectivity index (χ4n) is 3.34. The Balaban J connectivity index is 1.60. The standard InChI is InChI=1S/C20H20N6O4/c1-12(19-24-23-15-6-4-5-9-25(15)19)22-16(27)11-26-20(28)17-13(10-21-26)7-8-14(29-2)18(17)30-3/h4-10,12H,11H2,1-3H3,(H,22,27). The van der Waals surface area contributed by atoms with Crippen molar-refractivity contribution in [3.63, 3.8) is 0 Å². The van der Waals surface area contributed by atoms with Crippen molar-refractivity contribution in [3.05, 3.63) is 58.9 Å². The van der Waals surface area contributed by atoms with E-state index in [1.54, 1.807) is 23.5 Å². The number of pyridine rings is 1. The highest BCUT2D eigenvalue weighted by atomic mass is 16.5. The molecule has 0 fully saturated rings. The predicted molar refractivity (Wildman–Crippen MR) is 109 cm³/mol. The number of fused-ring (bicyclic) bond motifs is 2. The van der Waals surface area contributed by atoms with Gasteiger partial charge in [-0.05, 0) is 31.2 Å². The van der Waals surface area contributed by atoms with Crippen LogP contribution < -0.4 is 20.3 Å². The molecule has 1 atom stereocenters. The molecule has 10 heteroatoms. The van der Waals surface area contributed by atoms with Crippen molar-refractivity contribution in [2.75, 3.05) is 14.2 Å². The van der Waals surface area contributed by atoms with E-state index in [0.29, 0.717) is 33.7 Å². The molecule has 0 saturated carbocycles. The maximum absolute atomic E-state index is 13.0. The van der Waals surface area contributed by atoms with E-state index in [2.05, 4.69) is 20.6 Å². The van der Waals surface area contributed by atoms with E-state index in [1.807, 2.05) is 24.4 Å². The van der Waals surface area contributed by atoms with E-state index in [1.165, 1.54) is 20.4 Å². The number of benzene rings is 1. The third-order valence-electron chi connectivity index (χ3n) is 4.76. The van der Waals surface area contributed by atoms with Gasteiger partial charge in [0.1, 0.15) is 6.54 Å². The summed E-state index contributed by atoms with van der Waals surface area (Å²) < 4.78 is 13.5. The molecule has 1 amide bonds. The second-order valence-electron chi connectivity index (χ2n) is 6.65. The smallest absolute Gasteiger partial charge is 0.279 e. The lowest BCUT2D eigenvalue weighted by Crippen LogP contribution is -2.35. The minimum absolute atomic E-state index is 0.254. The van der Waals surface area contributed by atoms with Crippen molar-refractivity contribution in [2.45, 2.75) is 19.5 Å². The molecule has 0 aliphatic heterocycles. The summed E-state index contributed by atoms with van der Waals surface area (Å²) in [6.45, 7) is 1.54. The summed E-state index contributed by atoms with van der Waals surface area (Å²) in [5.74, 6) is 0.937. The van der Waals surface area contributed by atoms with Crippen LogP contribution in [0.1, 0.15) is 18.8 Å². The number of amides is 1. The molecule has 0 radical (unpaired) electrons. The van der Waals surface area contributed by atoms with Gasteiger partial charge in [0.05, 0.1) is 31.8 Å². The van der Waals surface area contributed by atoms with Crippen LogP contribution in [0.25, 0.3) is 16.4 Å². The number of nitrogens with one attached hydrogen (secondary N) is 1. The van der Waals surface area contributed by atoms with Crippen LogP contribution in [0.15, 0.2) is 47.5 Å². The number of rotatable bonds is 6. The molecule has 3 aromatic heterocycles. The maximum Gasteiger partial charge on any atom is 0.279 e. The summed E-state index contributed by atoms with van der Waals surface area (Å²) in [5.41, 5.74) is 0.237. The number of hydrogen-bond acceptors (Lipinski definition) is 7. The minimum atomic E-state index is -0.445. The third-order valence-corrected chi connectivity index (χ3v) is 4.76. The molecule has 3 heterocycles. The van der Waals surface area contributed by atoms with Crippen LogP contribution in [0.5, 0.6) is 11.5 Å². The summed E-state index contributed by atoms with van der Waals surface area (Å²) in [7, 11) is 2.95. The zero-order chi connectivity index (χ0) is 21.3. The molecule has 1 N–H and O–H groups in total. The van der Waals surface area contributed by atoms with Gasteiger partial charge in [-0.25, -0.2) is 4.68 Å².